The lowest BCUT2D eigenvalue weighted by Crippen LogP contribution is -2.39. The van der Waals surface area contributed by atoms with Gasteiger partial charge in [0.2, 0.25) is 5.91 Å². The predicted molar refractivity (Wildman–Crippen MR) is 115 cm³/mol. The maximum atomic E-state index is 12.6. The molecule has 1 fully saturated rings. The predicted octanol–water partition coefficient (Wildman–Crippen LogP) is 2.83. The smallest absolute Gasteiger partial charge is 0.337 e. The minimum Gasteiger partial charge on any atom is -0.497 e. The van der Waals surface area contributed by atoms with Crippen LogP contribution < -0.4 is 10.1 Å². The molecule has 1 aliphatic heterocycles. The summed E-state index contributed by atoms with van der Waals surface area (Å²) in [7, 11) is 2.86. The van der Waals surface area contributed by atoms with Crippen molar-refractivity contribution in [2.45, 2.75) is 6.54 Å². The molecule has 3 amide bonds. The third-order valence-electron chi connectivity index (χ3n) is 4.45. The van der Waals surface area contributed by atoms with Crippen molar-refractivity contribution in [1.29, 1.82) is 0 Å². The van der Waals surface area contributed by atoms with E-state index in [-0.39, 0.29) is 18.0 Å². The van der Waals surface area contributed by atoms with Gasteiger partial charge in [-0.2, -0.15) is 0 Å². The molecule has 2 aromatic rings. The molecule has 0 unspecified atom stereocenters. The summed E-state index contributed by atoms with van der Waals surface area (Å²) in [5, 5.41) is 2.18. The Bertz CT molecular complexity index is 1030. The summed E-state index contributed by atoms with van der Waals surface area (Å²) in [6.07, 6.45) is 1.54. The molecule has 0 spiro atoms. The van der Waals surface area contributed by atoms with E-state index in [9.17, 15) is 19.2 Å². The van der Waals surface area contributed by atoms with Crippen molar-refractivity contribution in [2.24, 2.45) is 0 Å². The van der Waals surface area contributed by atoms with Crippen LogP contribution in [0.25, 0.3) is 6.08 Å². The van der Waals surface area contributed by atoms with Crippen LogP contribution in [0, 0.1) is 0 Å². The highest BCUT2D eigenvalue weighted by Crippen LogP contribution is 2.32. The number of nitrogens with one attached hydrogen (secondary N) is 1. The van der Waals surface area contributed by atoms with E-state index in [4.69, 9.17) is 4.74 Å². The molecule has 31 heavy (non-hydrogen) atoms. The van der Waals surface area contributed by atoms with E-state index in [2.05, 4.69) is 10.1 Å². The summed E-state index contributed by atoms with van der Waals surface area (Å²) in [6.45, 7) is -0.0964. The molecule has 1 heterocycles. The molecule has 0 bridgehead atoms. The Hall–Kier alpha value is -3.59. The summed E-state index contributed by atoms with van der Waals surface area (Å²) in [4.78, 5) is 49.6. The van der Waals surface area contributed by atoms with Crippen LogP contribution in [0.4, 0.5) is 4.79 Å². The largest absolute Gasteiger partial charge is 0.497 e. The normalized spacial score (nSPS) is 14.6. The fourth-order valence-electron chi connectivity index (χ4n) is 2.76. The zero-order chi connectivity index (χ0) is 22.4. The molecule has 0 aromatic heterocycles. The molecular weight excluding hydrogens is 420 g/mol. The highest BCUT2D eigenvalue weighted by molar-refractivity contribution is 8.18. The van der Waals surface area contributed by atoms with E-state index >= 15 is 0 Å². The number of esters is 1. The van der Waals surface area contributed by atoms with Gasteiger partial charge in [0.1, 0.15) is 12.3 Å². The third kappa shape index (κ3) is 5.52. The number of nitrogens with zero attached hydrogens (tertiary/aromatic N) is 1. The zero-order valence-electron chi connectivity index (χ0n) is 16.9. The number of hydrogen-bond donors (Lipinski definition) is 1. The van der Waals surface area contributed by atoms with Gasteiger partial charge < -0.3 is 14.8 Å². The van der Waals surface area contributed by atoms with E-state index in [1.807, 2.05) is 12.1 Å². The maximum absolute atomic E-state index is 12.6. The maximum Gasteiger partial charge on any atom is 0.337 e. The van der Waals surface area contributed by atoms with Crippen LogP contribution in [-0.4, -0.2) is 48.7 Å². The number of hydrogen-bond acceptors (Lipinski definition) is 7. The first-order valence-corrected chi connectivity index (χ1v) is 10.1. The average Bonchev–Trinajstić information content (AvgIpc) is 3.05. The molecule has 1 N–H and O–H groups in total. The first kappa shape index (κ1) is 22.1. The number of imide groups is 1. The summed E-state index contributed by atoms with van der Waals surface area (Å²) < 4.78 is 9.73. The minimum atomic E-state index is -0.536. The fourth-order valence-corrected chi connectivity index (χ4v) is 3.60. The molecule has 1 aliphatic rings. The number of rotatable bonds is 7. The zero-order valence-corrected chi connectivity index (χ0v) is 17.7. The molecule has 3 rings (SSSR count). The van der Waals surface area contributed by atoms with Gasteiger partial charge in [-0.1, -0.05) is 24.3 Å². The van der Waals surface area contributed by atoms with Gasteiger partial charge in [-0.3, -0.25) is 19.3 Å². The van der Waals surface area contributed by atoms with Gasteiger partial charge in [-0.25, -0.2) is 4.79 Å². The summed E-state index contributed by atoms with van der Waals surface area (Å²) >= 11 is 0.765. The van der Waals surface area contributed by atoms with Crippen LogP contribution in [0.3, 0.4) is 0 Å². The van der Waals surface area contributed by atoms with Crippen LogP contribution in [0.15, 0.2) is 53.4 Å². The first-order chi connectivity index (χ1) is 14.9. The molecule has 0 radical (unpaired) electrons. The topological polar surface area (TPSA) is 102 Å². The van der Waals surface area contributed by atoms with Crippen molar-refractivity contribution in [3.8, 4) is 5.75 Å². The third-order valence-corrected chi connectivity index (χ3v) is 5.36. The number of benzene rings is 2. The van der Waals surface area contributed by atoms with E-state index in [1.54, 1.807) is 49.6 Å². The summed E-state index contributed by atoms with van der Waals surface area (Å²) in [5.41, 5.74) is 1.88. The molecular formula is C22H20N2O6S. The first-order valence-electron chi connectivity index (χ1n) is 9.24. The highest BCUT2D eigenvalue weighted by Gasteiger charge is 2.36. The minimum absolute atomic E-state index is 0.207. The Labute approximate surface area is 183 Å². The van der Waals surface area contributed by atoms with Gasteiger partial charge in [-0.15, -0.1) is 0 Å². The lowest BCUT2D eigenvalue weighted by atomic mass is 10.1. The van der Waals surface area contributed by atoms with Crippen LogP contribution in [0.1, 0.15) is 21.5 Å². The van der Waals surface area contributed by atoms with Gasteiger partial charge in [-0.05, 0) is 53.2 Å². The van der Waals surface area contributed by atoms with E-state index < -0.39 is 23.0 Å². The average molecular weight is 440 g/mol. The van der Waals surface area contributed by atoms with Crippen molar-refractivity contribution in [2.75, 3.05) is 20.8 Å². The van der Waals surface area contributed by atoms with Gasteiger partial charge in [0.15, 0.2) is 0 Å². The van der Waals surface area contributed by atoms with Gasteiger partial charge in [0.25, 0.3) is 11.1 Å². The Kier molecular flexibility index (Phi) is 7.09. The summed E-state index contributed by atoms with van der Waals surface area (Å²) in [5.74, 6) is -0.736. The van der Waals surface area contributed by atoms with Crippen LogP contribution in [-0.2, 0) is 20.9 Å². The highest BCUT2D eigenvalue weighted by atomic mass is 32.2. The van der Waals surface area contributed by atoms with Crippen molar-refractivity contribution >= 4 is 40.9 Å². The Morgan fingerprint density at radius 2 is 1.71 bits per heavy atom. The van der Waals surface area contributed by atoms with Crippen molar-refractivity contribution in [3.63, 3.8) is 0 Å². The van der Waals surface area contributed by atoms with E-state index in [1.165, 1.54) is 7.11 Å². The van der Waals surface area contributed by atoms with E-state index in [0.717, 1.165) is 22.2 Å². The summed E-state index contributed by atoms with van der Waals surface area (Å²) in [6, 6.07) is 13.6. The fraction of sp³-hybridized carbons (Fsp3) is 0.182. The van der Waals surface area contributed by atoms with Crippen molar-refractivity contribution in [1.82, 2.24) is 10.2 Å². The number of carbonyl (C=O) groups excluding carboxylic acids is 4. The van der Waals surface area contributed by atoms with Crippen LogP contribution in [0.2, 0.25) is 0 Å². The molecule has 0 aliphatic carbocycles. The van der Waals surface area contributed by atoms with Gasteiger partial charge in [0.05, 0.1) is 24.7 Å². The second kappa shape index (κ2) is 9.94. The molecule has 9 heteroatoms. The van der Waals surface area contributed by atoms with Crippen LogP contribution >= 0.6 is 11.8 Å². The number of amides is 3. The SMILES string of the molecule is COC(=O)c1ccc(/C=C2\SC(=O)N(CC(=O)NCc3ccc(OC)cc3)C2=O)cc1. The monoisotopic (exact) mass is 440 g/mol. The Morgan fingerprint density at radius 3 is 2.32 bits per heavy atom. The Balaban J connectivity index is 1.59. The second-order valence-corrected chi connectivity index (χ2v) is 7.50. The van der Waals surface area contributed by atoms with Gasteiger partial charge in [0, 0.05) is 6.54 Å². The van der Waals surface area contributed by atoms with Crippen LogP contribution in [0.5, 0.6) is 5.75 Å². The van der Waals surface area contributed by atoms with Gasteiger partial charge >= 0.3 is 5.97 Å². The molecule has 8 nitrogen and oxygen atoms in total. The number of thioether (sulfide) groups is 1. The van der Waals surface area contributed by atoms with Crippen molar-refractivity contribution in [3.05, 3.63) is 70.1 Å². The second-order valence-electron chi connectivity index (χ2n) is 6.51. The molecule has 0 atom stereocenters. The van der Waals surface area contributed by atoms with Crippen molar-refractivity contribution < 1.29 is 28.7 Å². The molecule has 1 saturated heterocycles. The standard InChI is InChI=1S/C22H20N2O6S/c1-29-17-9-5-15(6-10-17)12-23-19(25)13-24-20(26)18(31-22(24)28)11-14-3-7-16(8-4-14)21(27)30-2/h3-11H,12-13H2,1-2H3,(H,23,25)/b18-11-. The lowest BCUT2D eigenvalue weighted by molar-refractivity contribution is -0.129. The number of ether oxygens (including phenoxy) is 2. The quantitative estimate of drug-likeness (QED) is 0.522. The Morgan fingerprint density at radius 1 is 1.03 bits per heavy atom. The molecule has 2 aromatic carbocycles. The molecule has 0 saturated carbocycles. The molecule has 160 valence electrons. The lowest BCUT2D eigenvalue weighted by Gasteiger charge is -2.12. The number of carbonyl (C=O) groups is 4. The van der Waals surface area contributed by atoms with E-state index in [0.29, 0.717) is 16.9 Å². The number of methoxy groups -OCH3 is 2.